The van der Waals surface area contributed by atoms with Crippen molar-refractivity contribution < 1.29 is 22.7 Å². The molecule has 0 saturated carbocycles. The summed E-state index contributed by atoms with van der Waals surface area (Å²) in [7, 11) is 2.97. The molecule has 5 nitrogen and oxygen atoms in total. The van der Waals surface area contributed by atoms with Gasteiger partial charge in [-0.05, 0) is 0 Å². The molecule has 0 fully saturated rings. The van der Waals surface area contributed by atoms with E-state index >= 15 is 0 Å². The molecule has 1 rings (SSSR count). The van der Waals surface area contributed by atoms with Crippen LogP contribution >= 0.6 is 0 Å². The highest BCUT2D eigenvalue weighted by Crippen LogP contribution is 2.25. The number of carbonyl (C=O) groups is 1. The van der Waals surface area contributed by atoms with E-state index in [9.17, 15) is 18.0 Å². The standard InChI is InChI=1S/C9H14F3N3O2/c1-15(3-4-17-2)8(16)6-5-7(14-13-6)9(10,11)12/h7,14H,3-5H2,1-2H3. The number of methoxy groups -OCH3 is 1. The fourth-order valence-electron chi connectivity index (χ4n) is 1.31. The van der Waals surface area contributed by atoms with Gasteiger partial charge in [-0.2, -0.15) is 18.3 Å². The molecule has 1 atom stereocenters. The minimum atomic E-state index is -4.39. The van der Waals surface area contributed by atoms with E-state index < -0.39 is 24.5 Å². The molecule has 0 aliphatic carbocycles. The number of likely N-dealkylation sites (N-methyl/N-ethyl adjacent to an activating group) is 1. The Morgan fingerprint density at radius 1 is 1.65 bits per heavy atom. The minimum absolute atomic E-state index is 0.106. The predicted octanol–water partition coefficient (Wildman–Crippen LogP) is 0.371. The summed E-state index contributed by atoms with van der Waals surface area (Å²) in [4.78, 5) is 12.9. The zero-order valence-corrected chi connectivity index (χ0v) is 9.54. The second-order valence-electron chi connectivity index (χ2n) is 3.71. The number of nitrogens with one attached hydrogen (secondary N) is 1. The Bertz CT molecular complexity index is 317. The Morgan fingerprint density at radius 2 is 2.29 bits per heavy atom. The van der Waals surface area contributed by atoms with Gasteiger partial charge in [0.25, 0.3) is 5.91 Å². The molecule has 0 aromatic heterocycles. The quantitative estimate of drug-likeness (QED) is 0.787. The highest BCUT2D eigenvalue weighted by Gasteiger charge is 2.44. The van der Waals surface area contributed by atoms with Crippen molar-refractivity contribution in [2.24, 2.45) is 5.10 Å². The number of ether oxygens (including phenoxy) is 1. The molecule has 1 unspecified atom stereocenters. The number of halogens is 3. The number of amides is 1. The van der Waals surface area contributed by atoms with E-state index in [0.29, 0.717) is 13.2 Å². The van der Waals surface area contributed by atoms with Gasteiger partial charge in [-0.1, -0.05) is 0 Å². The van der Waals surface area contributed by atoms with Crippen LogP contribution in [0.2, 0.25) is 0 Å². The number of rotatable bonds is 4. The van der Waals surface area contributed by atoms with Crippen LogP contribution in [0.4, 0.5) is 13.2 Å². The lowest BCUT2D eigenvalue weighted by Gasteiger charge is -2.16. The van der Waals surface area contributed by atoms with Crippen LogP contribution in [0.1, 0.15) is 6.42 Å². The van der Waals surface area contributed by atoms with Crippen molar-refractivity contribution in [2.75, 3.05) is 27.3 Å². The molecule has 1 heterocycles. The number of hydrogen-bond donors (Lipinski definition) is 1. The Balaban J connectivity index is 2.50. The number of carbonyl (C=O) groups excluding carboxylic acids is 1. The molecule has 1 aliphatic rings. The van der Waals surface area contributed by atoms with Crippen LogP contribution in [0.5, 0.6) is 0 Å². The molecule has 0 radical (unpaired) electrons. The first-order valence-corrected chi connectivity index (χ1v) is 4.99. The summed E-state index contributed by atoms with van der Waals surface area (Å²) in [6, 6.07) is -1.77. The summed E-state index contributed by atoms with van der Waals surface area (Å²) >= 11 is 0. The second-order valence-corrected chi connectivity index (χ2v) is 3.71. The third-order valence-electron chi connectivity index (χ3n) is 2.37. The van der Waals surface area contributed by atoms with Crippen LogP contribution in [0.3, 0.4) is 0 Å². The summed E-state index contributed by atoms with van der Waals surface area (Å²) in [5.74, 6) is -0.513. The molecule has 0 bridgehead atoms. The van der Waals surface area contributed by atoms with Gasteiger partial charge in [-0.25, -0.2) is 0 Å². The van der Waals surface area contributed by atoms with E-state index in [1.807, 2.05) is 5.43 Å². The van der Waals surface area contributed by atoms with Gasteiger partial charge < -0.3 is 9.64 Å². The molecule has 17 heavy (non-hydrogen) atoms. The first-order chi connectivity index (χ1) is 7.86. The normalized spacial score (nSPS) is 19.8. The Hall–Kier alpha value is -1.31. The fraction of sp³-hybridized carbons (Fsp3) is 0.778. The molecule has 0 spiro atoms. The third-order valence-corrected chi connectivity index (χ3v) is 2.37. The lowest BCUT2D eigenvalue weighted by atomic mass is 10.1. The van der Waals surface area contributed by atoms with E-state index in [4.69, 9.17) is 4.74 Å². The lowest BCUT2D eigenvalue weighted by Crippen LogP contribution is -2.39. The molecule has 98 valence electrons. The summed E-state index contributed by atoms with van der Waals surface area (Å²) in [5.41, 5.74) is 1.82. The maximum absolute atomic E-state index is 12.3. The van der Waals surface area contributed by atoms with Crippen molar-refractivity contribution in [3.63, 3.8) is 0 Å². The molecule has 0 aromatic rings. The predicted molar refractivity (Wildman–Crippen MR) is 54.5 cm³/mol. The number of hydrogen-bond acceptors (Lipinski definition) is 4. The summed E-state index contributed by atoms with van der Waals surface area (Å²) in [6.45, 7) is 0.636. The molecule has 1 N–H and O–H groups in total. The van der Waals surface area contributed by atoms with E-state index in [0.717, 1.165) is 0 Å². The van der Waals surface area contributed by atoms with Crippen molar-refractivity contribution in [1.29, 1.82) is 0 Å². The summed E-state index contributed by atoms with van der Waals surface area (Å²) in [5, 5.41) is 3.43. The average Bonchev–Trinajstić information content (AvgIpc) is 2.73. The lowest BCUT2D eigenvalue weighted by molar-refractivity contribution is -0.152. The van der Waals surface area contributed by atoms with Crippen molar-refractivity contribution in [3.05, 3.63) is 0 Å². The largest absolute Gasteiger partial charge is 0.410 e. The van der Waals surface area contributed by atoms with Gasteiger partial charge in [0.05, 0.1) is 6.61 Å². The summed E-state index contributed by atoms with van der Waals surface area (Å²) in [6.07, 6.45) is -4.82. The highest BCUT2D eigenvalue weighted by atomic mass is 19.4. The van der Waals surface area contributed by atoms with Crippen LogP contribution in [0.15, 0.2) is 5.10 Å². The van der Waals surface area contributed by atoms with Crippen LogP contribution in [-0.4, -0.2) is 56.0 Å². The van der Waals surface area contributed by atoms with Crippen molar-refractivity contribution >= 4 is 11.6 Å². The van der Waals surface area contributed by atoms with Gasteiger partial charge in [-0.15, -0.1) is 0 Å². The topological polar surface area (TPSA) is 53.9 Å². The number of alkyl halides is 3. The molecule has 0 saturated heterocycles. The second kappa shape index (κ2) is 5.35. The monoisotopic (exact) mass is 253 g/mol. The summed E-state index contributed by atoms with van der Waals surface area (Å²) < 4.78 is 41.7. The van der Waals surface area contributed by atoms with Crippen LogP contribution < -0.4 is 5.43 Å². The molecule has 0 aromatic carbocycles. The first-order valence-electron chi connectivity index (χ1n) is 4.99. The number of hydrazone groups is 1. The van der Waals surface area contributed by atoms with E-state index in [1.165, 1.54) is 19.1 Å². The van der Waals surface area contributed by atoms with Gasteiger partial charge >= 0.3 is 6.18 Å². The van der Waals surface area contributed by atoms with Crippen LogP contribution in [0.25, 0.3) is 0 Å². The van der Waals surface area contributed by atoms with Gasteiger partial charge in [-0.3, -0.25) is 10.2 Å². The van der Waals surface area contributed by atoms with Gasteiger partial charge in [0.15, 0.2) is 0 Å². The third kappa shape index (κ3) is 3.58. The van der Waals surface area contributed by atoms with Crippen LogP contribution in [-0.2, 0) is 9.53 Å². The smallest absolute Gasteiger partial charge is 0.383 e. The molecule has 1 aliphatic heterocycles. The maximum Gasteiger partial charge on any atom is 0.410 e. The molecule has 1 amide bonds. The van der Waals surface area contributed by atoms with Gasteiger partial charge in [0.2, 0.25) is 0 Å². The fourth-order valence-corrected chi connectivity index (χ4v) is 1.31. The SMILES string of the molecule is COCCN(C)C(=O)C1=NNC(C(F)(F)F)C1. The van der Waals surface area contributed by atoms with Gasteiger partial charge in [0.1, 0.15) is 11.8 Å². The highest BCUT2D eigenvalue weighted by molar-refractivity contribution is 6.39. The van der Waals surface area contributed by atoms with Gasteiger partial charge in [0, 0.05) is 27.1 Å². The van der Waals surface area contributed by atoms with Crippen molar-refractivity contribution in [2.45, 2.75) is 18.6 Å². The molecule has 8 heteroatoms. The van der Waals surface area contributed by atoms with E-state index in [-0.39, 0.29) is 5.71 Å². The Morgan fingerprint density at radius 3 is 2.76 bits per heavy atom. The van der Waals surface area contributed by atoms with Crippen molar-refractivity contribution in [1.82, 2.24) is 10.3 Å². The Kier molecular flexibility index (Phi) is 4.33. The van der Waals surface area contributed by atoms with Crippen molar-refractivity contribution in [3.8, 4) is 0 Å². The Labute approximate surface area is 96.6 Å². The minimum Gasteiger partial charge on any atom is -0.383 e. The molecular weight excluding hydrogens is 239 g/mol. The first kappa shape index (κ1) is 13.8. The molecular formula is C9H14F3N3O2. The average molecular weight is 253 g/mol. The number of nitrogens with zero attached hydrogens (tertiary/aromatic N) is 2. The zero-order valence-electron chi connectivity index (χ0n) is 9.54. The zero-order chi connectivity index (χ0) is 13.1. The van der Waals surface area contributed by atoms with E-state index in [2.05, 4.69) is 5.10 Å². The van der Waals surface area contributed by atoms with Crippen LogP contribution in [0, 0.1) is 0 Å². The van der Waals surface area contributed by atoms with E-state index in [1.54, 1.807) is 0 Å². The maximum atomic E-state index is 12.3.